The number of hydrogen-bond donors (Lipinski definition) is 1. The number of benzene rings is 2. The smallest absolute Gasteiger partial charge is 0.295 e. The first-order valence-corrected chi connectivity index (χ1v) is 13.2. The Morgan fingerprint density at radius 3 is 2.03 bits per heavy atom. The van der Waals surface area contributed by atoms with Crippen LogP contribution in [0.1, 0.15) is 75.6 Å². The molecule has 1 saturated heterocycles. The van der Waals surface area contributed by atoms with Gasteiger partial charge in [0.05, 0.1) is 11.6 Å². The van der Waals surface area contributed by atoms with Crippen molar-refractivity contribution < 1.29 is 14.7 Å². The van der Waals surface area contributed by atoms with Gasteiger partial charge >= 0.3 is 0 Å². The van der Waals surface area contributed by atoms with Crippen molar-refractivity contribution in [1.29, 1.82) is 0 Å². The van der Waals surface area contributed by atoms with E-state index < -0.39 is 17.7 Å². The number of carbonyl (C=O) groups excluding carboxylic acids is 2. The molecule has 3 rings (SSSR count). The first kappa shape index (κ1) is 26.7. The van der Waals surface area contributed by atoms with Crippen LogP contribution in [-0.4, -0.2) is 52.8 Å². The molecule has 0 bridgehead atoms. The minimum atomic E-state index is -0.607. The highest BCUT2D eigenvalue weighted by molar-refractivity contribution is 6.46. The average molecular weight is 477 g/mol. The monoisotopic (exact) mass is 476 g/mol. The summed E-state index contributed by atoms with van der Waals surface area (Å²) in [5.74, 6) is -1.24. The predicted molar refractivity (Wildman–Crippen MR) is 142 cm³/mol. The summed E-state index contributed by atoms with van der Waals surface area (Å²) in [5, 5.41) is 11.1. The highest BCUT2D eigenvalue weighted by Gasteiger charge is 2.45. The molecule has 1 aliphatic heterocycles. The molecule has 0 aromatic heterocycles. The maximum atomic E-state index is 13.2. The molecule has 0 radical (unpaired) electrons. The van der Waals surface area contributed by atoms with E-state index in [0.29, 0.717) is 12.1 Å². The van der Waals surface area contributed by atoms with Gasteiger partial charge in [0.1, 0.15) is 5.76 Å². The standard InChI is InChI=1S/C30H40N2O3/c1-4-7-19-31(20-8-5-2)21-12-22-32-27(24-17-15-23(6-3)16-18-24)26(29(34)30(32)35)28(33)25-13-10-9-11-14-25/h9-11,13-18,27,33H,4-8,12,19-22H2,1-3H3/b28-26-. The van der Waals surface area contributed by atoms with Crippen LogP contribution in [0.5, 0.6) is 0 Å². The summed E-state index contributed by atoms with van der Waals surface area (Å²) >= 11 is 0. The molecule has 1 N–H and O–H groups in total. The number of aliphatic hydroxyl groups excluding tert-OH is 1. The van der Waals surface area contributed by atoms with Crippen molar-refractivity contribution in [2.75, 3.05) is 26.2 Å². The average Bonchev–Trinajstić information content (AvgIpc) is 3.15. The van der Waals surface area contributed by atoms with Crippen LogP contribution in [0.4, 0.5) is 0 Å². The molecule has 1 unspecified atom stereocenters. The largest absolute Gasteiger partial charge is 0.507 e. The highest BCUT2D eigenvalue weighted by Crippen LogP contribution is 2.39. The van der Waals surface area contributed by atoms with Gasteiger partial charge in [-0.25, -0.2) is 0 Å². The third-order valence-electron chi connectivity index (χ3n) is 6.82. The van der Waals surface area contributed by atoms with Crippen molar-refractivity contribution in [3.8, 4) is 0 Å². The van der Waals surface area contributed by atoms with Gasteiger partial charge < -0.3 is 14.9 Å². The van der Waals surface area contributed by atoms with Crippen molar-refractivity contribution in [3.05, 3.63) is 76.9 Å². The minimum absolute atomic E-state index is 0.108. The molecule has 1 aliphatic rings. The van der Waals surface area contributed by atoms with E-state index in [1.807, 2.05) is 42.5 Å². The van der Waals surface area contributed by atoms with Crippen molar-refractivity contribution in [2.24, 2.45) is 0 Å². The Labute approximate surface area is 210 Å². The van der Waals surface area contributed by atoms with Gasteiger partial charge in [-0.1, -0.05) is 88.2 Å². The lowest BCUT2D eigenvalue weighted by molar-refractivity contribution is -0.140. The molecule has 0 aliphatic carbocycles. The fraction of sp³-hybridized carbons (Fsp3) is 0.467. The van der Waals surface area contributed by atoms with Crippen LogP contribution in [0.3, 0.4) is 0 Å². The van der Waals surface area contributed by atoms with E-state index in [4.69, 9.17) is 0 Å². The molecule has 0 spiro atoms. The zero-order valence-electron chi connectivity index (χ0n) is 21.5. The van der Waals surface area contributed by atoms with Gasteiger partial charge in [0.15, 0.2) is 0 Å². The van der Waals surface area contributed by atoms with Crippen LogP contribution >= 0.6 is 0 Å². The number of likely N-dealkylation sites (tertiary alicyclic amines) is 1. The molecular formula is C30H40N2O3. The lowest BCUT2D eigenvalue weighted by atomic mass is 9.94. The molecule has 35 heavy (non-hydrogen) atoms. The summed E-state index contributed by atoms with van der Waals surface area (Å²) in [6.07, 6.45) is 6.34. The third kappa shape index (κ3) is 6.61. The number of nitrogens with zero attached hydrogens (tertiary/aromatic N) is 2. The van der Waals surface area contributed by atoms with E-state index in [0.717, 1.165) is 63.7 Å². The quantitative estimate of drug-likeness (QED) is 0.220. The van der Waals surface area contributed by atoms with Gasteiger partial charge in [0.2, 0.25) is 0 Å². The Kier molecular flexibility index (Phi) is 10.1. The molecule has 1 atom stereocenters. The maximum Gasteiger partial charge on any atom is 0.295 e. The number of carbonyl (C=O) groups is 2. The van der Waals surface area contributed by atoms with E-state index in [1.165, 1.54) is 5.56 Å². The molecule has 2 aromatic carbocycles. The summed E-state index contributed by atoms with van der Waals surface area (Å²) in [7, 11) is 0. The number of aryl methyl sites for hydroxylation is 1. The summed E-state index contributed by atoms with van der Waals surface area (Å²) in [4.78, 5) is 30.5. The maximum absolute atomic E-state index is 13.2. The van der Waals surface area contributed by atoms with Crippen molar-refractivity contribution >= 4 is 17.4 Å². The van der Waals surface area contributed by atoms with Crippen LogP contribution in [-0.2, 0) is 16.0 Å². The predicted octanol–water partition coefficient (Wildman–Crippen LogP) is 5.96. The number of aliphatic hydroxyl groups is 1. The second-order valence-electron chi connectivity index (χ2n) is 9.36. The topological polar surface area (TPSA) is 60.9 Å². The first-order valence-electron chi connectivity index (χ1n) is 13.2. The van der Waals surface area contributed by atoms with E-state index in [9.17, 15) is 14.7 Å². The van der Waals surface area contributed by atoms with Gasteiger partial charge in [0, 0.05) is 12.1 Å². The second kappa shape index (κ2) is 13.2. The van der Waals surface area contributed by atoms with Crippen molar-refractivity contribution in [2.45, 2.75) is 65.3 Å². The van der Waals surface area contributed by atoms with Crippen LogP contribution in [0.25, 0.3) is 5.76 Å². The molecule has 5 nitrogen and oxygen atoms in total. The Balaban J connectivity index is 1.89. The molecule has 1 amide bonds. The van der Waals surface area contributed by atoms with Crippen LogP contribution < -0.4 is 0 Å². The zero-order valence-corrected chi connectivity index (χ0v) is 21.5. The summed E-state index contributed by atoms with van der Waals surface area (Å²) in [6, 6.07) is 16.5. The van der Waals surface area contributed by atoms with Gasteiger partial charge in [-0.05, 0) is 56.4 Å². The van der Waals surface area contributed by atoms with Crippen LogP contribution in [0.15, 0.2) is 60.2 Å². The van der Waals surface area contributed by atoms with Crippen LogP contribution in [0, 0.1) is 0 Å². The van der Waals surface area contributed by atoms with E-state index >= 15 is 0 Å². The Hall–Kier alpha value is -2.92. The Morgan fingerprint density at radius 1 is 0.857 bits per heavy atom. The zero-order chi connectivity index (χ0) is 25.2. The van der Waals surface area contributed by atoms with Gasteiger partial charge in [0.25, 0.3) is 11.7 Å². The van der Waals surface area contributed by atoms with Crippen molar-refractivity contribution in [1.82, 2.24) is 9.80 Å². The molecule has 2 aromatic rings. The lowest BCUT2D eigenvalue weighted by Gasteiger charge is -2.27. The normalized spacial score (nSPS) is 17.5. The van der Waals surface area contributed by atoms with Gasteiger partial charge in [-0.15, -0.1) is 0 Å². The number of unbranched alkanes of at least 4 members (excludes halogenated alkanes) is 2. The van der Waals surface area contributed by atoms with Crippen molar-refractivity contribution in [3.63, 3.8) is 0 Å². The van der Waals surface area contributed by atoms with E-state index in [2.05, 4.69) is 25.7 Å². The number of ketones is 1. The molecule has 188 valence electrons. The SMILES string of the molecule is CCCCN(CCCC)CCCN1C(=O)C(=O)/C(=C(\O)c2ccccc2)C1c1ccc(CC)cc1. The third-order valence-corrected chi connectivity index (χ3v) is 6.82. The molecule has 1 fully saturated rings. The van der Waals surface area contributed by atoms with Gasteiger partial charge in [-0.2, -0.15) is 0 Å². The number of rotatable bonds is 13. The second-order valence-corrected chi connectivity index (χ2v) is 9.36. The van der Waals surface area contributed by atoms with E-state index in [-0.39, 0.29) is 11.3 Å². The number of Topliss-reactive ketones (excluding diaryl/α,β-unsaturated/α-hetero) is 1. The fourth-order valence-electron chi connectivity index (χ4n) is 4.71. The summed E-state index contributed by atoms with van der Waals surface area (Å²) < 4.78 is 0. The highest BCUT2D eigenvalue weighted by atomic mass is 16.3. The Bertz CT molecular complexity index is 990. The van der Waals surface area contributed by atoms with E-state index in [1.54, 1.807) is 17.0 Å². The molecular weight excluding hydrogens is 436 g/mol. The first-order chi connectivity index (χ1) is 17.0. The summed E-state index contributed by atoms with van der Waals surface area (Å²) in [5.41, 5.74) is 2.77. The fourth-order valence-corrected chi connectivity index (χ4v) is 4.71. The van der Waals surface area contributed by atoms with Gasteiger partial charge in [-0.3, -0.25) is 9.59 Å². The van der Waals surface area contributed by atoms with Crippen LogP contribution in [0.2, 0.25) is 0 Å². The molecule has 5 heteroatoms. The Morgan fingerprint density at radius 2 is 1.46 bits per heavy atom. The summed E-state index contributed by atoms with van der Waals surface area (Å²) in [6.45, 7) is 9.99. The lowest BCUT2D eigenvalue weighted by Crippen LogP contribution is -2.34. The molecule has 1 heterocycles. The number of hydrogen-bond acceptors (Lipinski definition) is 4. The minimum Gasteiger partial charge on any atom is -0.507 e. The molecule has 0 saturated carbocycles. The number of amides is 1.